The van der Waals surface area contributed by atoms with E-state index < -0.39 is 11.6 Å². The van der Waals surface area contributed by atoms with E-state index >= 15 is 0 Å². The molecule has 0 fully saturated rings. The van der Waals surface area contributed by atoms with Gasteiger partial charge in [-0.25, -0.2) is 4.79 Å². The summed E-state index contributed by atoms with van der Waals surface area (Å²) in [6.45, 7) is 4.83. The molecule has 1 atom stereocenters. The van der Waals surface area contributed by atoms with E-state index in [1.54, 1.807) is 18.2 Å². The fourth-order valence-electron chi connectivity index (χ4n) is 2.39. The highest BCUT2D eigenvalue weighted by atomic mass is 16.7. The molecule has 0 saturated heterocycles. The summed E-state index contributed by atoms with van der Waals surface area (Å²) < 4.78 is 10.5. The van der Waals surface area contributed by atoms with Gasteiger partial charge in [-0.15, -0.1) is 0 Å². The first-order chi connectivity index (χ1) is 11.5. The maximum atomic E-state index is 12.2. The number of methoxy groups -OCH3 is 1. The number of carbonyl (C=O) groups is 1. The van der Waals surface area contributed by atoms with Gasteiger partial charge in [-0.1, -0.05) is 31.1 Å². The minimum absolute atomic E-state index is 0.0807. The fourth-order valence-corrected chi connectivity index (χ4v) is 2.39. The fraction of sp³-hybridized carbons (Fsp3) is 0.500. The molecular formula is C18H22N2O4. The van der Waals surface area contributed by atoms with Crippen LogP contribution in [0.25, 0.3) is 0 Å². The third-order valence-electron chi connectivity index (χ3n) is 3.84. The Balaban J connectivity index is 2.09. The minimum atomic E-state index is -1.26. The van der Waals surface area contributed by atoms with Crippen molar-refractivity contribution in [1.29, 1.82) is 5.26 Å². The van der Waals surface area contributed by atoms with E-state index in [1.807, 2.05) is 6.07 Å². The lowest BCUT2D eigenvalue weighted by atomic mass is 9.94. The van der Waals surface area contributed by atoms with Crippen LogP contribution in [0.1, 0.15) is 37.8 Å². The first kappa shape index (κ1) is 18.0. The van der Waals surface area contributed by atoms with Crippen molar-refractivity contribution in [3.05, 3.63) is 35.4 Å². The monoisotopic (exact) mass is 330 g/mol. The normalized spacial score (nSPS) is 19.5. The van der Waals surface area contributed by atoms with E-state index in [1.165, 1.54) is 7.11 Å². The molecule has 0 bridgehead atoms. The zero-order valence-electron chi connectivity index (χ0n) is 14.2. The first-order valence-electron chi connectivity index (χ1n) is 7.92. The molecule has 6 heteroatoms. The van der Waals surface area contributed by atoms with Gasteiger partial charge in [0.25, 0.3) is 5.60 Å². The quantitative estimate of drug-likeness (QED) is 0.567. The van der Waals surface area contributed by atoms with Gasteiger partial charge in [-0.05, 0) is 24.5 Å². The summed E-state index contributed by atoms with van der Waals surface area (Å²) in [6, 6.07) is 9.11. The number of ether oxygens (including phenoxy) is 2. The van der Waals surface area contributed by atoms with Gasteiger partial charge in [0.2, 0.25) is 0 Å². The Bertz CT molecular complexity index is 663. The second kappa shape index (κ2) is 7.93. The number of nitriles is 1. The predicted octanol–water partition coefficient (Wildman–Crippen LogP) is 2.66. The van der Waals surface area contributed by atoms with Crippen molar-refractivity contribution in [2.24, 2.45) is 11.1 Å². The van der Waals surface area contributed by atoms with Crippen LogP contribution in [0, 0.1) is 17.2 Å². The van der Waals surface area contributed by atoms with Crippen LogP contribution in [0.15, 0.2) is 29.4 Å². The number of hydrogen-bond acceptors (Lipinski definition) is 6. The van der Waals surface area contributed by atoms with Crippen molar-refractivity contribution in [3.63, 3.8) is 0 Å². The smallest absolute Gasteiger partial charge is 0.356 e. The van der Waals surface area contributed by atoms with Gasteiger partial charge in [-0.3, -0.25) is 0 Å². The van der Waals surface area contributed by atoms with Gasteiger partial charge in [0.1, 0.15) is 6.61 Å². The molecule has 1 heterocycles. The van der Waals surface area contributed by atoms with Crippen molar-refractivity contribution in [3.8, 4) is 6.07 Å². The summed E-state index contributed by atoms with van der Waals surface area (Å²) in [7, 11) is 1.32. The van der Waals surface area contributed by atoms with Crippen LogP contribution < -0.4 is 0 Å². The van der Waals surface area contributed by atoms with Gasteiger partial charge < -0.3 is 14.3 Å². The molecule has 0 radical (unpaired) electrons. The number of carbonyl (C=O) groups excluding carboxylic acids is 1. The Labute approximate surface area is 142 Å². The van der Waals surface area contributed by atoms with Crippen molar-refractivity contribution >= 4 is 11.7 Å². The lowest BCUT2D eigenvalue weighted by Gasteiger charge is -2.23. The highest BCUT2D eigenvalue weighted by Gasteiger charge is 2.48. The van der Waals surface area contributed by atoms with Crippen LogP contribution in [-0.4, -0.2) is 37.6 Å². The number of nitrogens with zero attached hydrogens (tertiary/aromatic N) is 2. The van der Waals surface area contributed by atoms with Crippen LogP contribution in [0.4, 0.5) is 0 Å². The Morgan fingerprint density at radius 2 is 2.29 bits per heavy atom. The number of oxime groups is 1. The van der Waals surface area contributed by atoms with Gasteiger partial charge in [0.15, 0.2) is 0 Å². The van der Waals surface area contributed by atoms with Crippen LogP contribution in [0.5, 0.6) is 0 Å². The molecule has 0 N–H and O–H groups in total. The average molecular weight is 330 g/mol. The Kier molecular flexibility index (Phi) is 5.93. The molecule has 0 aromatic heterocycles. The minimum Gasteiger partial charge on any atom is -0.466 e. The largest absolute Gasteiger partial charge is 0.466 e. The third kappa shape index (κ3) is 4.12. The van der Waals surface area contributed by atoms with E-state index in [2.05, 4.69) is 25.1 Å². The zero-order chi connectivity index (χ0) is 17.6. The Morgan fingerprint density at radius 3 is 2.96 bits per heavy atom. The van der Waals surface area contributed by atoms with E-state index in [-0.39, 0.29) is 13.0 Å². The van der Waals surface area contributed by atoms with Gasteiger partial charge in [0, 0.05) is 18.6 Å². The van der Waals surface area contributed by atoms with E-state index in [9.17, 15) is 4.79 Å². The maximum Gasteiger partial charge on any atom is 0.356 e. The molecule has 128 valence electrons. The molecule has 1 aliphatic rings. The Hall–Kier alpha value is -2.39. The first-order valence-corrected chi connectivity index (χ1v) is 7.92. The van der Waals surface area contributed by atoms with Crippen LogP contribution in [0.2, 0.25) is 0 Å². The molecular weight excluding hydrogens is 308 g/mol. The third-order valence-corrected chi connectivity index (χ3v) is 3.84. The van der Waals surface area contributed by atoms with Gasteiger partial charge in [0.05, 0.1) is 24.5 Å². The summed E-state index contributed by atoms with van der Waals surface area (Å²) >= 11 is 0. The summed E-state index contributed by atoms with van der Waals surface area (Å²) in [5.41, 5.74) is 0.620. The summed E-state index contributed by atoms with van der Waals surface area (Å²) in [5.74, 6) is 0.00587. The number of hydrogen-bond donors (Lipinski definition) is 0. The van der Waals surface area contributed by atoms with E-state index in [0.29, 0.717) is 23.8 Å². The number of benzene rings is 1. The van der Waals surface area contributed by atoms with Crippen LogP contribution in [-0.2, 0) is 19.1 Å². The molecule has 1 unspecified atom stereocenters. The molecule has 6 nitrogen and oxygen atoms in total. The van der Waals surface area contributed by atoms with Crippen molar-refractivity contribution in [2.75, 3.05) is 20.3 Å². The SMILES string of the molecule is COC(=O)C1(COCCC(C)C)CC(c2cccc(C#N)c2)=NO1. The molecule has 24 heavy (non-hydrogen) atoms. The summed E-state index contributed by atoms with van der Waals surface area (Å²) in [4.78, 5) is 17.7. The molecule has 1 aromatic carbocycles. The van der Waals surface area contributed by atoms with Crippen LogP contribution >= 0.6 is 0 Å². The highest BCUT2D eigenvalue weighted by Crippen LogP contribution is 2.29. The van der Waals surface area contributed by atoms with Crippen molar-refractivity contribution in [1.82, 2.24) is 0 Å². The maximum absolute atomic E-state index is 12.2. The number of rotatable bonds is 7. The molecule has 1 aromatic rings. The molecule has 0 aliphatic carbocycles. The second-order valence-electron chi connectivity index (χ2n) is 6.22. The number of esters is 1. The van der Waals surface area contributed by atoms with Crippen molar-refractivity contribution in [2.45, 2.75) is 32.3 Å². The topological polar surface area (TPSA) is 80.9 Å². The van der Waals surface area contributed by atoms with Gasteiger partial charge in [-0.2, -0.15) is 5.26 Å². The highest BCUT2D eigenvalue weighted by molar-refractivity contribution is 6.05. The zero-order valence-corrected chi connectivity index (χ0v) is 14.2. The molecule has 0 amide bonds. The van der Waals surface area contributed by atoms with E-state index in [4.69, 9.17) is 19.6 Å². The lowest BCUT2D eigenvalue weighted by Crippen LogP contribution is -2.44. The average Bonchev–Trinajstić information content (AvgIpc) is 3.03. The molecule has 0 spiro atoms. The molecule has 2 rings (SSSR count). The molecule has 1 aliphatic heterocycles. The lowest BCUT2D eigenvalue weighted by molar-refractivity contribution is -0.174. The van der Waals surface area contributed by atoms with E-state index in [0.717, 1.165) is 12.0 Å². The summed E-state index contributed by atoms with van der Waals surface area (Å²) in [5, 5.41) is 13.1. The van der Waals surface area contributed by atoms with Gasteiger partial charge >= 0.3 is 5.97 Å². The Morgan fingerprint density at radius 1 is 1.50 bits per heavy atom. The standard InChI is InChI=1S/C18H22N2O4/c1-13(2)7-8-23-12-18(17(21)22-3)10-16(20-24-18)15-6-4-5-14(9-15)11-19/h4-6,9,13H,7-8,10,12H2,1-3H3. The van der Waals surface area contributed by atoms with Crippen LogP contribution in [0.3, 0.4) is 0 Å². The summed E-state index contributed by atoms with van der Waals surface area (Å²) in [6.07, 6.45) is 1.14. The predicted molar refractivity (Wildman–Crippen MR) is 88.4 cm³/mol. The second-order valence-corrected chi connectivity index (χ2v) is 6.22. The van der Waals surface area contributed by atoms with Crippen molar-refractivity contribution < 1.29 is 19.1 Å². The molecule has 0 saturated carbocycles.